The Morgan fingerprint density at radius 2 is 1.79 bits per heavy atom. The van der Waals surface area contributed by atoms with E-state index in [1.807, 2.05) is 30.3 Å². The monoisotopic (exact) mass is 383 g/mol. The summed E-state index contributed by atoms with van der Waals surface area (Å²) >= 11 is 0. The smallest absolute Gasteiger partial charge is 0.258 e. The van der Waals surface area contributed by atoms with E-state index in [1.165, 1.54) is 37.5 Å². The molecule has 2 aromatic rings. The number of quaternary nitrogens is 1. The van der Waals surface area contributed by atoms with E-state index in [1.54, 1.807) is 4.90 Å². The molecule has 1 saturated carbocycles. The molecule has 0 aromatic heterocycles. The SMILES string of the molecule is O=C(COc1ccc2ccccc2c1)NCC1([NH+]2CCOCC2)CCCCC1. The van der Waals surface area contributed by atoms with Gasteiger partial charge >= 0.3 is 0 Å². The standard InChI is InChI=1S/C23H30N2O3/c26-22(17-28-21-9-8-19-6-2-3-7-20(19)16-21)24-18-23(10-4-1-5-11-23)25-12-14-27-15-13-25/h2-3,6-9,16H,1,4-5,10-15,17-18H2,(H,24,26)/p+1. The predicted molar refractivity (Wildman–Crippen MR) is 110 cm³/mol. The molecule has 0 atom stereocenters. The average Bonchev–Trinajstić information content (AvgIpc) is 2.77. The van der Waals surface area contributed by atoms with E-state index in [0.717, 1.165) is 44.0 Å². The normalized spacial score (nSPS) is 20.0. The molecule has 1 aliphatic carbocycles. The molecule has 28 heavy (non-hydrogen) atoms. The van der Waals surface area contributed by atoms with Crippen molar-refractivity contribution >= 4 is 16.7 Å². The minimum atomic E-state index is -0.0363. The molecule has 5 heteroatoms. The van der Waals surface area contributed by atoms with Gasteiger partial charge in [-0.2, -0.15) is 0 Å². The van der Waals surface area contributed by atoms with E-state index in [2.05, 4.69) is 17.4 Å². The van der Waals surface area contributed by atoms with Gasteiger partial charge in [-0.05, 0) is 35.7 Å². The van der Waals surface area contributed by atoms with Gasteiger partial charge in [-0.3, -0.25) is 4.79 Å². The van der Waals surface area contributed by atoms with Crippen molar-refractivity contribution < 1.29 is 19.2 Å². The Morgan fingerprint density at radius 3 is 2.57 bits per heavy atom. The van der Waals surface area contributed by atoms with Gasteiger partial charge in [0.05, 0.1) is 19.8 Å². The van der Waals surface area contributed by atoms with Crippen molar-refractivity contribution in [3.63, 3.8) is 0 Å². The summed E-state index contributed by atoms with van der Waals surface area (Å²) in [5, 5.41) is 5.47. The number of carbonyl (C=O) groups excluding carboxylic acids is 1. The van der Waals surface area contributed by atoms with Crippen LogP contribution in [0.5, 0.6) is 5.75 Å². The molecule has 0 radical (unpaired) electrons. The molecule has 1 saturated heterocycles. The van der Waals surface area contributed by atoms with Gasteiger partial charge in [-0.15, -0.1) is 0 Å². The fourth-order valence-corrected chi connectivity index (χ4v) is 4.76. The molecule has 1 heterocycles. The van der Waals surface area contributed by atoms with Crippen LogP contribution in [-0.4, -0.2) is 50.9 Å². The van der Waals surface area contributed by atoms with Crippen LogP contribution in [0, 0.1) is 0 Å². The third-order valence-corrected chi connectivity index (χ3v) is 6.37. The molecule has 150 valence electrons. The Morgan fingerprint density at radius 1 is 1.04 bits per heavy atom. The van der Waals surface area contributed by atoms with E-state index in [-0.39, 0.29) is 18.1 Å². The first-order valence-corrected chi connectivity index (χ1v) is 10.6. The van der Waals surface area contributed by atoms with Gasteiger partial charge in [0, 0.05) is 12.8 Å². The minimum Gasteiger partial charge on any atom is -0.484 e. The van der Waals surface area contributed by atoms with Gasteiger partial charge in [-0.1, -0.05) is 36.8 Å². The van der Waals surface area contributed by atoms with Crippen LogP contribution in [0.1, 0.15) is 32.1 Å². The van der Waals surface area contributed by atoms with Gasteiger partial charge in [-0.25, -0.2) is 0 Å². The van der Waals surface area contributed by atoms with Gasteiger partial charge in [0.2, 0.25) is 0 Å². The molecule has 0 unspecified atom stereocenters. The van der Waals surface area contributed by atoms with Gasteiger partial charge in [0.15, 0.2) is 6.61 Å². The highest BCUT2D eigenvalue weighted by Crippen LogP contribution is 2.25. The van der Waals surface area contributed by atoms with Crippen LogP contribution >= 0.6 is 0 Å². The van der Waals surface area contributed by atoms with Crippen LogP contribution in [0.4, 0.5) is 0 Å². The van der Waals surface area contributed by atoms with Crippen molar-refractivity contribution in [2.45, 2.75) is 37.6 Å². The summed E-state index contributed by atoms with van der Waals surface area (Å²) in [6.45, 7) is 4.55. The number of rotatable bonds is 6. The Bertz CT molecular complexity index is 795. The van der Waals surface area contributed by atoms with Crippen LogP contribution in [0.3, 0.4) is 0 Å². The third kappa shape index (κ3) is 4.47. The molecule has 0 bridgehead atoms. The molecule has 5 nitrogen and oxygen atoms in total. The lowest BCUT2D eigenvalue weighted by atomic mass is 9.79. The second kappa shape index (κ2) is 8.93. The van der Waals surface area contributed by atoms with Crippen molar-refractivity contribution in [3.8, 4) is 5.75 Å². The second-order valence-electron chi connectivity index (χ2n) is 8.13. The van der Waals surface area contributed by atoms with Gasteiger partial charge in [0.25, 0.3) is 5.91 Å². The number of fused-ring (bicyclic) bond motifs is 1. The highest BCUT2D eigenvalue weighted by molar-refractivity contribution is 5.84. The maximum atomic E-state index is 12.5. The fraction of sp³-hybridized carbons (Fsp3) is 0.522. The summed E-state index contributed by atoms with van der Waals surface area (Å²) in [6.07, 6.45) is 6.20. The number of benzene rings is 2. The Hall–Kier alpha value is -2.11. The number of hydrogen-bond acceptors (Lipinski definition) is 3. The maximum absolute atomic E-state index is 12.5. The van der Waals surface area contributed by atoms with Crippen LogP contribution in [-0.2, 0) is 9.53 Å². The van der Waals surface area contributed by atoms with Crippen molar-refractivity contribution in [1.82, 2.24) is 5.32 Å². The van der Waals surface area contributed by atoms with Gasteiger partial charge in [0.1, 0.15) is 24.4 Å². The molecular weight excluding hydrogens is 352 g/mol. The summed E-state index contributed by atoms with van der Waals surface area (Å²) < 4.78 is 11.3. The van der Waals surface area contributed by atoms with E-state index in [4.69, 9.17) is 9.47 Å². The molecule has 2 aromatic carbocycles. The van der Waals surface area contributed by atoms with Crippen LogP contribution in [0.25, 0.3) is 10.8 Å². The molecule has 0 spiro atoms. The van der Waals surface area contributed by atoms with E-state index < -0.39 is 0 Å². The molecule has 2 fully saturated rings. The molecule has 1 amide bonds. The van der Waals surface area contributed by atoms with E-state index in [9.17, 15) is 4.79 Å². The molecule has 2 aliphatic rings. The number of amides is 1. The molecule has 2 N–H and O–H groups in total. The van der Waals surface area contributed by atoms with Crippen molar-refractivity contribution in [1.29, 1.82) is 0 Å². The van der Waals surface area contributed by atoms with Crippen LogP contribution < -0.4 is 15.0 Å². The van der Waals surface area contributed by atoms with Crippen molar-refractivity contribution in [3.05, 3.63) is 42.5 Å². The molecule has 1 aliphatic heterocycles. The summed E-state index contributed by atoms with van der Waals surface area (Å²) in [5.74, 6) is 0.700. The third-order valence-electron chi connectivity index (χ3n) is 6.37. The largest absolute Gasteiger partial charge is 0.484 e. The van der Waals surface area contributed by atoms with Crippen molar-refractivity contribution in [2.75, 3.05) is 39.5 Å². The second-order valence-corrected chi connectivity index (χ2v) is 8.13. The first-order chi connectivity index (χ1) is 13.8. The summed E-state index contributed by atoms with van der Waals surface area (Å²) in [6, 6.07) is 14.1. The number of morpholine rings is 1. The number of nitrogens with one attached hydrogen (secondary N) is 2. The highest BCUT2D eigenvalue weighted by atomic mass is 16.5. The number of carbonyl (C=O) groups is 1. The molecular formula is C23H31N2O3+. The lowest BCUT2D eigenvalue weighted by molar-refractivity contribution is -0.960. The average molecular weight is 384 g/mol. The van der Waals surface area contributed by atoms with E-state index >= 15 is 0 Å². The zero-order valence-electron chi connectivity index (χ0n) is 16.5. The quantitative estimate of drug-likeness (QED) is 0.802. The van der Waals surface area contributed by atoms with Crippen LogP contribution in [0.15, 0.2) is 42.5 Å². The fourth-order valence-electron chi connectivity index (χ4n) is 4.76. The van der Waals surface area contributed by atoms with Crippen molar-refractivity contribution in [2.24, 2.45) is 0 Å². The Labute approximate surface area is 167 Å². The number of ether oxygens (including phenoxy) is 2. The molecule has 4 rings (SSSR count). The predicted octanol–water partition coefficient (Wildman–Crippen LogP) is 1.95. The summed E-state index contributed by atoms with van der Waals surface area (Å²) in [4.78, 5) is 14.1. The maximum Gasteiger partial charge on any atom is 0.258 e. The summed E-state index contributed by atoms with van der Waals surface area (Å²) in [5.41, 5.74) is 0.167. The number of hydrogen-bond donors (Lipinski definition) is 2. The van der Waals surface area contributed by atoms with E-state index in [0.29, 0.717) is 0 Å². The first kappa shape index (κ1) is 19.2. The Kier molecular flexibility index (Phi) is 6.13. The first-order valence-electron chi connectivity index (χ1n) is 10.6. The summed E-state index contributed by atoms with van der Waals surface area (Å²) in [7, 11) is 0. The lowest BCUT2D eigenvalue weighted by Gasteiger charge is -2.45. The minimum absolute atomic E-state index is 0.0363. The highest BCUT2D eigenvalue weighted by Gasteiger charge is 2.42. The van der Waals surface area contributed by atoms with Crippen LogP contribution in [0.2, 0.25) is 0 Å². The zero-order chi connectivity index (χ0) is 19.2. The topological polar surface area (TPSA) is 52.0 Å². The lowest BCUT2D eigenvalue weighted by Crippen LogP contribution is -3.23. The van der Waals surface area contributed by atoms with Gasteiger partial charge < -0.3 is 19.7 Å². The zero-order valence-corrected chi connectivity index (χ0v) is 16.5. The Balaban J connectivity index is 1.32.